The summed E-state index contributed by atoms with van der Waals surface area (Å²) in [6.07, 6.45) is 3.87. The Morgan fingerprint density at radius 1 is 0.923 bits per heavy atom. The van der Waals surface area contributed by atoms with Crippen molar-refractivity contribution in [3.8, 4) is 0 Å². The molecule has 79 valence electrons. The van der Waals surface area contributed by atoms with Gasteiger partial charge in [-0.3, -0.25) is 0 Å². The lowest BCUT2D eigenvalue weighted by Gasteiger charge is -2.33. The first kappa shape index (κ1) is 13.0. The van der Waals surface area contributed by atoms with Crippen molar-refractivity contribution in [1.29, 1.82) is 0 Å². The lowest BCUT2D eigenvalue weighted by atomic mass is 9.72. The molecule has 0 bridgehead atoms. The summed E-state index contributed by atoms with van der Waals surface area (Å²) in [5.74, 6) is 4.26. The minimum absolute atomic E-state index is 0.847. The normalized spacial score (nSPS) is 18.7. The van der Waals surface area contributed by atoms with Gasteiger partial charge in [0.25, 0.3) is 0 Å². The number of hydrogen-bond donors (Lipinski definition) is 0. The summed E-state index contributed by atoms with van der Waals surface area (Å²) in [4.78, 5) is 0. The van der Waals surface area contributed by atoms with Crippen molar-refractivity contribution in [3.05, 3.63) is 5.92 Å². The molecule has 0 aromatic rings. The van der Waals surface area contributed by atoms with Crippen LogP contribution in [-0.2, 0) is 0 Å². The van der Waals surface area contributed by atoms with Gasteiger partial charge in [0.2, 0.25) is 0 Å². The maximum absolute atomic E-state index is 2.40. The SMILES string of the molecule is CC[C](C)C(C(C)CC)C(C)CC. The Balaban J connectivity index is 4.34. The molecule has 13 heavy (non-hydrogen) atoms. The molecular weight excluding hydrogens is 156 g/mol. The first-order valence-electron chi connectivity index (χ1n) is 5.90. The van der Waals surface area contributed by atoms with Gasteiger partial charge in [-0.1, -0.05) is 54.4 Å². The summed E-state index contributed by atoms with van der Waals surface area (Å²) in [7, 11) is 0. The van der Waals surface area contributed by atoms with Crippen molar-refractivity contribution < 1.29 is 0 Å². The molecule has 0 aliphatic heterocycles. The van der Waals surface area contributed by atoms with E-state index in [2.05, 4.69) is 41.5 Å². The minimum atomic E-state index is 0.847. The van der Waals surface area contributed by atoms with E-state index in [9.17, 15) is 0 Å². The van der Waals surface area contributed by atoms with Crippen molar-refractivity contribution in [2.75, 3.05) is 0 Å². The van der Waals surface area contributed by atoms with Crippen LogP contribution in [0, 0.1) is 23.7 Å². The summed E-state index contributed by atoms with van der Waals surface area (Å²) in [6, 6.07) is 0. The van der Waals surface area contributed by atoms with Crippen LogP contribution in [0.25, 0.3) is 0 Å². The Kier molecular flexibility index (Phi) is 6.45. The largest absolute Gasteiger partial charge is 0.0651 e. The van der Waals surface area contributed by atoms with Crippen molar-refractivity contribution in [3.63, 3.8) is 0 Å². The second-order valence-electron chi connectivity index (χ2n) is 4.50. The van der Waals surface area contributed by atoms with E-state index in [1.54, 1.807) is 5.92 Å². The highest BCUT2D eigenvalue weighted by molar-refractivity contribution is 4.95. The molecule has 0 heterocycles. The van der Waals surface area contributed by atoms with Gasteiger partial charge in [0, 0.05) is 0 Å². The van der Waals surface area contributed by atoms with Crippen molar-refractivity contribution in [2.24, 2.45) is 17.8 Å². The monoisotopic (exact) mass is 183 g/mol. The van der Waals surface area contributed by atoms with Crippen LogP contribution in [0.5, 0.6) is 0 Å². The number of rotatable bonds is 6. The molecule has 2 unspecified atom stereocenters. The smallest absolute Gasteiger partial charge is 0.0238 e. The van der Waals surface area contributed by atoms with Gasteiger partial charge in [-0.15, -0.1) is 0 Å². The quantitative estimate of drug-likeness (QED) is 0.560. The van der Waals surface area contributed by atoms with Gasteiger partial charge in [0.1, 0.15) is 0 Å². The Morgan fingerprint density at radius 3 is 1.54 bits per heavy atom. The van der Waals surface area contributed by atoms with Gasteiger partial charge in [-0.25, -0.2) is 0 Å². The third kappa shape index (κ3) is 3.70. The Labute approximate surface area is 85.1 Å². The Bertz CT molecular complexity index is 93.4. The standard InChI is InChI=1S/C13H27/c1-7-10(4)13(11(5)8-2)12(6)9-3/h10-11,13H,7-9H2,1-6H3. The molecule has 0 nitrogen and oxygen atoms in total. The van der Waals surface area contributed by atoms with Crippen LogP contribution in [0.3, 0.4) is 0 Å². The Hall–Kier alpha value is 0. The van der Waals surface area contributed by atoms with Crippen LogP contribution in [-0.4, -0.2) is 0 Å². The van der Waals surface area contributed by atoms with E-state index in [0.29, 0.717) is 0 Å². The molecule has 0 fully saturated rings. The summed E-state index contributed by atoms with van der Waals surface area (Å²) in [6.45, 7) is 14.0. The van der Waals surface area contributed by atoms with Gasteiger partial charge in [0.15, 0.2) is 0 Å². The van der Waals surface area contributed by atoms with Crippen LogP contribution in [0.1, 0.15) is 60.8 Å². The fourth-order valence-corrected chi connectivity index (χ4v) is 2.28. The van der Waals surface area contributed by atoms with Gasteiger partial charge in [0.05, 0.1) is 0 Å². The van der Waals surface area contributed by atoms with Crippen LogP contribution in [0.4, 0.5) is 0 Å². The van der Waals surface area contributed by atoms with E-state index in [1.807, 2.05) is 0 Å². The lowest BCUT2D eigenvalue weighted by Crippen LogP contribution is -2.24. The molecule has 0 spiro atoms. The highest BCUT2D eigenvalue weighted by Gasteiger charge is 2.26. The predicted octanol–water partition coefficient (Wildman–Crippen LogP) is 4.70. The fraction of sp³-hybridized carbons (Fsp3) is 0.923. The first-order valence-corrected chi connectivity index (χ1v) is 5.90. The molecule has 0 N–H and O–H groups in total. The molecular formula is C13H27. The fourth-order valence-electron chi connectivity index (χ4n) is 2.28. The van der Waals surface area contributed by atoms with E-state index in [4.69, 9.17) is 0 Å². The maximum atomic E-state index is 2.40. The average Bonchev–Trinajstić information content (AvgIpc) is 2.16. The number of hydrogen-bond acceptors (Lipinski definition) is 0. The van der Waals surface area contributed by atoms with E-state index in [-0.39, 0.29) is 0 Å². The van der Waals surface area contributed by atoms with Gasteiger partial charge >= 0.3 is 0 Å². The Morgan fingerprint density at radius 2 is 1.31 bits per heavy atom. The van der Waals surface area contributed by atoms with Gasteiger partial charge < -0.3 is 0 Å². The zero-order valence-electron chi connectivity index (χ0n) is 10.4. The molecule has 0 aromatic carbocycles. The zero-order valence-corrected chi connectivity index (χ0v) is 10.4. The van der Waals surface area contributed by atoms with E-state index < -0.39 is 0 Å². The topological polar surface area (TPSA) is 0 Å². The first-order chi connectivity index (χ1) is 6.08. The second-order valence-corrected chi connectivity index (χ2v) is 4.50. The lowest BCUT2D eigenvalue weighted by molar-refractivity contribution is 0.250. The molecule has 0 heteroatoms. The molecule has 0 amide bonds. The average molecular weight is 183 g/mol. The molecule has 1 radical (unpaired) electrons. The summed E-state index contributed by atoms with van der Waals surface area (Å²) in [5, 5.41) is 0. The van der Waals surface area contributed by atoms with Crippen LogP contribution in [0.15, 0.2) is 0 Å². The van der Waals surface area contributed by atoms with Crippen LogP contribution < -0.4 is 0 Å². The maximum Gasteiger partial charge on any atom is -0.0238 e. The molecule has 0 aliphatic rings. The third-order valence-electron chi connectivity index (χ3n) is 3.64. The summed E-state index contributed by atoms with van der Waals surface area (Å²) >= 11 is 0. The van der Waals surface area contributed by atoms with Crippen molar-refractivity contribution >= 4 is 0 Å². The molecule has 0 aliphatic carbocycles. The van der Waals surface area contributed by atoms with Crippen LogP contribution >= 0.6 is 0 Å². The van der Waals surface area contributed by atoms with E-state index in [0.717, 1.165) is 17.8 Å². The van der Waals surface area contributed by atoms with Crippen molar-refractivity contribution in [1.82, 2.24) is 0 Å². The van der Waals surface area contributed by atoms with Gasteiger partial charge in [-0.05, 0) is 30.1 Å². The van der Waals surface area contributed by atoms with Crippen molar-refractivity contribution in [2.45, 2.75) is 60.8 Å². The summed E-state index contributed by atoms with van der Waals surface area (Å²) < 4.78 is 0. The molecule has 0 aromatic heterocycles. The molecule has 0 saturated carbocycles. The van der Waals surface area contributed by atoms with E-state index in [1.165, 1.54) is 19.3 Å². The van der Waals surface area contributed by atoms with Gasteiger partial charge in [-0.2, -0.15) is 0 Å². The van der Waals surface area contributed by atoms with Crippen LogP contribution in [0.2, 0.25) is 0 Å². The highest BCUT2D eigenvalue weighted by atomic mass is 14.3. The minimum Gasteiger partial charge on any atom is -0.0651 e. The van der Waals surface area contributed by atoms with E-state index >= 15 is 0 Å². The predicted molar refractivity (Wildman–Crippen MR) is 61.6 cm³/mol. The third-order valence-corrected chi connectivity index (χ3v) is 3.64. The zero-order chi connectivity index (χ0) is 10.4. The second kappa shape index (κ2) is 6.45. The summed E-state index contributed by atoms with van der Waals surface area (Å²) in [5.41, 5.74) is 0. The molecule has 0 saturated heterocycles. The molecule has 2 atom stereocenters. The highest BCUT2D eigenvalue weighted by Crippen LogP contribution is 2.35. The molecule has 0 rings (SSSR count).